The van der Waals surface area contributed by atoms with Crippen LogP contribution in [0.2, 0.25) is 0 Å². The Kier molecular flexibility index (Phi) is 4.92. The summed E-state index contributed by atoms with van der Waals surface area (Å²) < 4.78 is 0. The molecular weight excluding hydrogens is 272 g/mol. The molecular formula is C14H18N4OS. The van der Waals surface area contributed by atoms with Crippen molar-refractivity contribution in [2.45, 2.75) is 36.7 Å². The third-order valence-electron chi connectivity index (χ3n) is 2.98. The van der Waals surface area contributed by atoms with E-state index in [1.54, 1.807) is 19.3 Å². The van der Waals surface area contributed by atoms with Crippen LogP contribution in [0.4, 0.5) is 0 Å². The number of nitrogens with one attached hydrogen (secondary N) is 1. The molecule has 2 atom stereocenters. The van der Waals surface area contributed by atoms with Crippen molar-refractivity contribution in [3.63, 3.8) is 0 Å². The fourth-order valence-corrected chi connectivity index (χ4v) is 3.15. The Morgan fingerprint density at radius 3 is 2.70 bits per heavy atom. The molecule has 0 amide bonds. The lowest BCUT2D eigenvalue weighted by molar-refractivity contribution is 0.631. The van der Waals surface area contributed by atoms with Crippen LogP contribution in [0, 0.1) is 6.92 Å². The number of nitrogens with two attached hydrogens (primary N) is 1. The highest BCUT2D eigenvalue weighted by molar-refractivity contribution is 7.99. The average molecular weight is 290 g/mol. The monoisotopic (exact) mass is 290 g/mol. The fraction of sp³-hybridized carbons (Fsp3) is 0.357. The van der Waals surface area contributed by atoms with Gasteiger partial charge in [0.2, 0.25) is 0 Å². The van der Waals surface area contributed by atoms with Gasteiger partial charge in [-0.15, -0.1) is 0 Å². The molecule has 0 aromatic carbocycles. The second-order valence-corrected chi connectivity index (χ2v) is 5.71. The molecule has 2 rings (SSSR count). The summed E-state index contributed by atoms with van der Waals surface area (Å²) >= 11 is 1.48. The molecule has 20 heavy (non-hydrogen) atoms. The second kappa shape index (κ2) is 6.67. The van der Waals surface area contributed by atoms with Crippen LogP contribution in [0.25, 0.3) is 0 Å². The molecule has 2 aromatic heterocycles. The number of hydrogen-bond acceptors (Lipinski definition) is 5. The first-order valence-corrected chi connectivity index (χ1v) is 7.38. The second-order valence-electron chi connectivity index (χ2n) is 4.58. The summed E-state index contributed by atoms with van der Waals surface area (Å²) in [4.78, 5) is 22.6. The Labute approximate surface area is 122 Å². The van der Waals surface area contributed by atoms with E-state index in [9.17, 15) is 4.79 Å². The number of thioether (sulfide) groups is 1. The molecule has 0 aliphatic heterocycles. The van der Waals surface area contributed by atoms with Crippen LogP contribution in [0.1, 0.15) is 29.9 Å². The summed E-state index contributed by atoms with van der Waals surface area (Å²) in [6.45, 7) is 3.85. The van der Waals surface area contributed by atoms with Crippen LogP contribution < -0.4 is 11.3 Å². The first-order chi connectivity index (χ1) is 9.60. The van der Waals surface area contributed by atoms with Crippen molar-refractivity contribution in [2.75, 3.05) is 0 Å². The summed E-state index contributed by atoms with van der Waals surface area (Å²) in [6.07, 6.45) is 4.34. The first kappa shape index (κ1) is 14.7. The molecule has 6 heteroatoms. The summed E-state index contributed by atoms with van der Waals surface area (Å²) in [5.41, 5.74) is 7.86. The summed E-state index contributed by atoms with van der Waals surface area (Å²) in [5, 5.41) is 0.633. The van der Waals surface area contributed by atoms with Crippen LogP contribution >= 0.6 is 11.8 Å². The number of nitrogens with zero attached hydrogens (tertiary/aromatic N) is 2. The average Bonchev–Trinajstić information content (AvgIpc) is 2.44. The summed E-state index contributed by atoms with van der Waals surface area (Å²) in [7, 11) is 0. The van der Waals surface area contributed by atoms with Crippen molar-refractivity contribution in [1.29, 1.82) is 0 Å². The van der Waals surface area contributed by atoms with Gasteiger partial charge in [0, 0.05) is 30.2 Å². The van der Waals surface area contributed by atoms with E-state index in [-0.39, 0.29) is 16.9 Å². The molecule has 3 N–H and O–H groups in total. The van der Waals surface area contributed by atoms with Gasteiger partial charge in [-0.05, 0) is 31.0 Å². The van der Waals surface area contributed by atoms with Gasteiger partial charge >= 0.3 is 0 Å². The van der Waals surface area contributed by atoms with Crippen molar-refractivity contribution in [1.82, 2.24) is 15.0 Å². The van der Waals surface area contributed by atoms with E-state index in [1.807, 2.05) is 19.1 Å². The van der Waals surface area contributed by atoms with Crippen molar-refractivity contribution in [3.8, 4) is 0 Å². The lowest BCUT2D eigenvalue weighted by Gasteiger charge is -2.22. The molecule has 0 aliphatic carbocycles. The Balaban J connectivity index is 2.31. The molecule has 0 saturated heterocycles. The molecule has 0 aliphatic rings. The predicted octanol–water partition coefficient (Wildman–Crippen LogP) is 2.04. The Hall–Kier alpha value is -1.66. The van der Waals surface area contributed by atoms with Crippen molar-refractivity contribution >= 4 is 11.8 Å². The van der Waals surface area contributed by atoms with Gasteiger partial charge in [-0.1, -0.05) is 18.7 Å². The van der Waals surface area contributed by atoms with Crippen LogP contribution in [-0.2, 0) is 0 Å². The molecule has 2 heterocycles. The zero-order valence-corrected chi connectivity index (χ0v) is 12.4. The summed E-state index contributed by atoms with van der Waals surface area (Å²) in [5.74, 6) is 0. The van der Waals surface area contributed by atoms with Crippen LogP contribution in [0.3, 0.4) is 0 Å². The Morgan fingerprint density at radius 2 is 2.10 bits per heavy atom. The number of aryl methyl sites for hydroxylation is 1. The molecule has 2 unspecified atom stereocenters. The lowest BCUT2D eigenvalue weighted by Crippen LogP contribution is -2.26. The minimum absolute atomic E-state index is 0.0202. The zero-order valence-electron chi connectivity index (χ0n) is 11.5. The maximum atomic E-state index is 11.5. The normalized spacial score (nSPS) is 13.9. The van der Waals surface area contributed by atoms with Crippen LogP contribution in [0.15, 0.2) is 40.5 Å². The van der Waals surface area contributed by atoms with Gasteiger partial charge in [0.25, 0.3) is 5.56 Å². The van der Waals surface area contributed by atoms with Gasteiger partial charge in [-0.2, -0.15) is 0 Å². The highest BCUT2D eigenvalue weighted by atomic mass is 32.2. The Bertz CT molecular complexity index is 614. The molecule has 0 spiro atoms. The number of aromatic nitrogens is 3. The largest absolute Gasteiger partial charge is 0.326 e. The van der Waals surface area contributed by atoms with E-state index < -0.39 is 0 Å². The van der Waals surface area contributed by atoms with Gasteiger partial charge in [0.05, 0.1) is 5.25 Å². The van der Waals surface area contributed by atoms with E-state index in [0.29, 0.717) is 10.9 Å². The SMILES string of the molecule is CCC(N)C(Sc1nc(C)cc(=O)[nH]1)c1ccncc1. The van der Waals surface area contributed by atoms with Crippen molar-refractivity contribution in [2.24, 2.45) is 5.73 Å². The first-order valence-electron chi connectivity index (χ1n) is 6.50. The fourth-order valence-electron chi connectivity index (χ4n) is 1.90. The van der Waals surface area contributed by atoms with E-state index >= 15 is 0 Å². The van der Waals surface area contributed by atoms with E-state index in [2.05, 4.69) is 15.0 Å². The zero-order chi connectivity index (χ0) is 14.5. The highest BCUT2D eigenvalue weighted by Crippen LogP contribution is 2.35. The standard InChI is InChI=1S/C14H18N4OS/c1-3-11(15)13(10-4-6-16-7-5-10)20-14-17-9(2)8-12(19)18-14/h4-8,11,13H,3,15H2,1-2H3,(H,17,18,19). The van der Waals surface area contributed by atoms with E-state index in [4.69, 9.17) is 5.73 Å². The van der Waals surface area contributed by atoms with E-state index in [0.717, 1.165) is 12.0 Å². The van der Waals surface area contributed by atoms with Crippen LogP contribution in [-0.4, -0.2) is 21.0 Å². The van der Waals surface area contributed by atoms with Crippen molar-refractivity contribution < 1.29 is 0 Å². The number of aromatic amines is 1. The third kappa shape index (κ3) is 3.68. The molecule has 0 bridgehead atoms. The molecule has 106 valence electrons. The Morgan fingerprint density at radius 1 is 1.40 bits per heavy atom. The minimum Gasteiger partial charge on any atom is -0.326 e. The quantitative estimate of drug-likeness (QED) is 0.650. The minimum atomic E-state index is -0.140. The molecule has 5 nitrogen and oxygen atoms in total. The van der Waals surface area contributed by atoms with Crippen molar-refractivity contribution in [3.05, 3.63) is 52.2 Å². The van der Waals surface area contributed by atoms with Gasteiger partial charge < -0.3 is 10.7 Å². The number of H-pyrrole nitrogens is 1. The molecule has 0 radical (unpaired) electrons. The maximum Gasteiger partial charge on any atom is 0.251 e. The number of pyridine rings is 1. The third-order valence-corrected chi connectivity index (χ3v) is 4.27. The molecule has 0 fully saturated rings. The van der Waals surface area contributed by atoms with Crippen LogP contribution in [0.5, 0.6) is 0 Å². The highest BCUT2D eigenvalue weighted by Gasteiger charge is 2.21. The molecule has 0 saturated carbocycles. The van der Waals surface area contributed by atoms with E-state index in [1.165, 1.54) is 17.8 Å². The summed E-state index contributed by atoms with van der Waals surface area (Å²) in [6, 6.07) is 5.35. The number of hydrogen-bond donors (Lipinski definition) is 2. The van der Waals surface area contributed by atoms with Gasteiger partial charge in [-0.3, -0.25) is 9.78 Å². The topological polar surface area (TPSA) is 84.7 Å². The van der Waals surface area contributed by atoms with Gasteiger partial charge in [0.1, 0.15) is 0 Å². The predicted molar refractivity (Wildman–Crippen MR) is 80.7 cm³/mol. The molecule has 2 aromatic rings. The lowest BCUT2D eigenvalue weighted by atomic mass is 10.1. The number of rotatable bonds is 5. The van der Waals surface area contributed by atoms with Gasteiger partial charge in [0.15, 0.2) is 5.16 Å². The smallest absolute Gasteiger partial charge is 0.251 e. The maximum absolute atomic E-state index is 11.5. The van der Waals surface area contributed by atoms with Gasteiger partial charge in [-0.25, -0.2) is 4.98 Å².